The average Bonchev–Trinajstić information content (AvgIpc) is 2.66. The number of benzene rings is 2. The summed E-state index contributed by atoms with van der Waals surface area (Å²) in [6, 6.07) is 12.1. The lowest BCUT2D eigenvalue weighted by atomic mass is 9.49. The zero-order valence-corrected chi connectivity index (χ0v) is 19.0. The van der Waals surface area contributed by atoms with Crippen LogP contribution in [0.2, 0.25) is 0 Å². The van der Waals surface area contributed by atoms with Gasteiger partial charge in [-0.1, -0.05) is 6.07 Å². The quantitative estimate of drug-likeness (QED) is 0.669. The zero-order valence-electron chi connectivity index (χ0n) is 18.1. The van der Waals surface area contributed by atoms with E-state index in [2.05, 4.69) is 10.0 Å². The Hall–Kier alpha value is -2.34. The van der Waals surface area contributed by atoms with Gasteiger partial charge >= 0.3 is 0 Å². The molecule has 0 aromatic heterocycles. The number of nitrogens with one attached hydrogen (secondary N) is 2. The van der Waals surface area contributed by atoms with Crippen LogP contribution < -0.4 is 10.0 Å². The molecule has 4 fully saturated rings. The Balaban J connectivity index is 1.29. The Morgan fingerprint density at radius 1 is 0.839 bits per heavy atom. The highest BCUT2D eigenvalue weighted by Gasteiger charge is 2.54. The highest BCUT2D eigenvalue weighted by atomic mass is 32.2. The normalized spacial score (nSPS) is 29.0. The SMILES string of the molecule is Cc1cc(C)cc(NS(=O)(=O)c2ccc(NC(=O)C34CC5CC(CC(C5)C3)C4)cc2)c1. The van der Waals surface area contributed by atoms with E-state index in [1.165, 1.54) is 19.3 Å². The second-order valence-corrected chi connectivity index (χ2v) is 11.8. The van der Waals surface area contributed by atoms with Gasteiger partial charge in [0.05, 0.1) is 10.3 Å². The van der Waals surface area contributed by atoms with Crippen LogP contribution in [0.3, 0.4) is 0 Å². The average molecular weight is 439 g/mol. The molecule has 31 heavy (non-hydrogen) atoms. The lowest BCUT2D eigenvalue weighted by Gasteiger charge is -2.55. The lowest BCUT2D eigenvalue weighted by Crippen LogP contribution is -2.51. The number of hydrogen-bond donors (Lipinski definition) is 2. The molecular weight excluding hydrogens is 408 g/mol. The van der Waals surface area contributed by atoms with E-state index in [9.17, 15) is 13.2 Å². The van der Waals surface area contributed by atoms with E-state index in [1.807, 2.05) is 32.0 Å². The molecule has 4 saturated carbocycles. The number of carbonyl (C=O) groups excluding carboxylic acids is 1. The van der Waals surface area contributed by atoms with Crippen LogP contribution in [0.1, 0.15) is 49.7 Å². The summed E-state index contributed by atoms with van der Waals surface area (Å²) in [4.78, 5) is 13.4. The number of anilines is 2. The third-order valence-electron chi connectivity index (χ3n) is 7.42. The van der Waals surface area contributed by atoms with Gasteiger partial charge in [0.2, 0.25) is 5.91 Å². The summed E-state index contributed by atoms with van der Waals surface area (Å²) in [5, 5.41) is 3.09. The highest BCUT2D eigenvalue weighted by Crippen LogP contribution is 2.60. The van der Waals surface area contributed by atoms with Crippen LogP contribution in [0, 0.1) is 37.0 Å². The molecule has 4 bridgehead atoms. The van der Waals surface area contributed by atoms with Gasteiger partial charge in [-0.25, -0.2) is 8.42 Å². The number of hydrogen-bond acceptors (Lipinski definition) is 3. The minimum Gasteiger partial charge on any atom is -0.326 e. The summed E-state index contributed by atoms with van der Waals surface area (Å²) in [5.74, 6) is 2.25. The standard InChI is InChI=1S/C25H30N2O3S/c1-16-7-17(2)9-22(8-16)27-31(29,30)23-5-3-21(4-6-23)26-24(28)25-13-18-10-19(14-25)12-20(11-18)15-25/h3-9,18-20,27H,10-15H2,1-2H3,(H,26,28). The molecule has 4 aliphatic carbocycles. The van der Waals surface area contributed by atoms with Crippen LogP contribution in [0.15, 0.2) is 47.4 Å². The minimum atomic E-state index is -3.69. The van der Waals surface area contributed by atoms with Crippen LogP contribution in [-0.2, 0) is 14.8 Å². The number of aryl methyl sites for hydroxylation is 2. The van der Waals surface area contributed by atoms with E-state index < -0.39 is 10.0 Å². The first kappa shape index (κ1) is 20.6. The van der Waals surface area contributed by atoms with Gasteiger partial charge in [-0.05, 0) is 118 Å². The molecular formula is C25H30N2O3S. The van der Waals surface area contributed by atoms with Crippen LogP contribution in [0.5, 0.6) is 0 Å². The van der Waals surface area contributed by atoms with E-state index in [4.69, 9.17) is 0 Å². The molecule has 6 heteroatoms. The number of sulfonamides is 1. The topological polar surface area (TPSA) is 75.3 Å². The van der Waals surface area contributed by atoms with Crippen molar-refractivity contribution >= 4 is 27.3 Å². The van der Waals surface area contributed by atoms with Gasteiger partial charge in [-0.15, -0.1) is 0 Å². The van der Waals surface area contributed by atoms with E-state index in [0.717, 1.165) is 30.4 Å². The van der Waals surface area contributed by atoms with Crippen molar-refractivity contribution in [1.29, 1.82) is 0 Å². The molecule has 164 valence electrons. The van der Waals surface area contributed by atoms with E-state index in [-0.39, 0.29) is 16.2 Å². The van der Waals surface area contributed by atoms with Crippen LogP contribution in [-0.4, -0.2) is 14.3 Å². The maximum atomic E-state index is 13.2. The van der Waals surface area contributed by atoms with Gasteiger partial charge in [0.1, 0.15) is 0 Å². The molecule has 2 aromatic carbocycles. The summed E-state index contributed by atoms with van der Waals surface area (Å²) in [7, 11) is -3.69. The van der Waals surface area contributed by atoms with Crippen molar-refractivity contribution in [3.63, 3.8) is 0 Å². The van der Waals surface area contributed by atoms with Crippen molar-refractivity contribution in [3.05, 3.63) is 53.6 Å². The highest BCUT2D eigenvalue weighted by molar-refractivity contribution is 7.92. The Morgan fingerprint density at radius 2 is 1.35 bits per heavy atom. The molecule has 0 unspecified atom stereocenters. The van der Waals surface area contributed by atoms with Crippen molar-refractivity contribution in [1.82, 2.24) is 0 Å². The first-order valence-corrected chi connectivity index (χ1v) is 12.7. The van der Waals surface area contributed by atoms with Crippen molar-refractivity contribution < 1.29 is 13.2 Å². The molecule has 0 spiro atoms. The predicted molar refractivity (Wildman–Crippen MR) is 122 cm³/mol. The molecule has 6 rings (SSSR count). The molecule has 0 heterocycles. The smallest absolute Gasteiger partial charge is 0.261 e. The number of amides is 1. The van der Waals surface area contributed by atoms with E-state index >= 15 is 0 Å². The third kappa shape index (κ3) is 3.98. The van der Waals surface area contributed by atoms with Crippen LogP contribution in [0.25, 0.3) is 0 Å². The summed E-state index contributed by atoms with van der Waals surface area (Å²) < 4.78 is 28.2. The second kappa shape index (κ2) is 7.37. The summed E-state index contributed by atoms with van der Waals surface area (Å²) in [6.45, 7) is 3.87. The number of carbonyl (C=O) groups is 1. The fourth-order valence-corrected chi connectivity index (χ4v) is 7.66. The van der Waals surface area contributed by atoms with Gasteiger partial charge in [0, 0.05) is 11.4 Å². The largest absolute Gasteiger partial charge is 0.326 e. The molecule has 0 atom stereocenters. The molecule has 2 aromatic rings. The lowest BCUT2D eigenvalue weighted by molar-refractivity contribution is -0.140. The maximum absolute atomic E-state index is 13.2. The van der Waals surface area contributed by atoms with Crippen LogP contribution >= 0.6 is 0 Å². The molecule has 1 amide bonds. The molecule has 4 aliphatic rings. The first-order chi connectivity index (χ1) is 14.7. The molecule has 0 radical (unpaired) electrons. The van der Waals surface area contributed by atoms with Gasteiger partial charge in [-0.3, -0.25) is 9.52 Å². The van der Waals surface area contributed by atoms with Crippen molar-refractivity contribution in [3.8, 4) is 0 Å². The monoisotopic (exact) mass is 438 g/mol. The van der Waals surface area contributed by atoms with Gasteiger partial charge in [0.15, 0.2) is 0 Å². The van der Waals surface area contributed by atoms with E-state index in [0.29, 0.717) is 29.1 Å². The Morgan fingerprint density at radius 3 is 1.87 bits per heavy atom. The summed E-state index contributed by atoms with van der Waals surface area (Å²) in [6.07, 6.45) is 6.93. The van der Waals surface area contributed by atoms with Gasteiger partial charge in [0.25, 0.3) is 10.0 Å². The van der Waals surface area contributed by atoms with Crippen molar-refractivity contribution in [2.75, 3.05) is 10.0 Å². The molecule has 2 N–H and O–H groups in total. The Labute approximate surface area is 184 Å². The molecule has 0 aliphatic heterocycles. The fourth-order valence-electron chi connectivity index (χ4n) is 6.62. The molecule has 0 saturated heterocycles. The predicted octanol–water partition coefficient (Wildman–Crippen LogP) is 5.26. The van der Waals surface area contributed by atoms with Crippen molar-refractivity contribution in [2.24, 2.45) is 23.2 Å². The number of rotatable bonds is 5. The van der Waals surface area contributed by atoms with Gasteiger partial charge in [-0.2, -0.15) is 0 Å². The van der Waals surface area contributed by atoms with Gasteiger partial charge < -0.3 is 5.32 Å². The Kier molecular flexibility index (Phi) is 4.88. The Bertz CT molecular complexity index is 1070. The molecule has 5 nitrogen and oxygen atoms in total. The summed E-state index contributed by atoms with van der Waals surface area (Å²) in [5.41, 5.74) is 2.99. The maximum Gasteiger partial charge on any atom is 0.261 e. The summed E-state index contributed by atoms with van der Waals surface area (Å²) >= 11 is 0. The first-order valence-electron chi connectivity index (χ1n) is 11.2. The third-order valence-corrected chi connectivity index (χ3v) is 8.81. The zero-order chi connectivity index (χ0) is 21.8. The second-order valence-electron chi connectivity index (χ2n) is 10.2. The fraction of sp³-hybridized carbons (Fsp3) is 0.480. The van der Waals surface area contributed by atoms with E-state index in [1.54, 1.807) is 24.3 Å². The minimum absolute atomic E-state index is 0.121. The van der Waals surface area contributed by atoms with Crippen LogP contribution in [0.4, 0.5) is 11.4 Å². The van der Waals surface area contributed by atoms with Crippen molar-refractivity contribution in [2.45, 2.75) is 57.3 Å².